The number of fused-ring (bicyclic) bond motifs is 1. The van der Waals surface area contributed by atoms with Crippen molar-refractivity contribution in [3.63, 3.8) is 0 Å². The Kier molecular flexibility index (Phi) is 3.87. The summed E-state index contributed by atoms with van der Waals surface area (Å²) in [5, 5.41) is 7.39. The standard InChI is InChI=1S/C19H20N4O2/c1-12-18(25-13(2)21-12)19(24)22-17-10-11-20-23(17)16-9-5-7-14-6-3-4-8-15(14)16/h3-4,6,8,10-11,16H,5,7,9H2,1-2H3,(H,22,24). The van der Waals surface area contributed by atoms with E-state index in [1.54, 1.807) is 20.0 Å². The summed E-state index contributed by atoms with van der Waals surface area (Å²) in [6.07, 6.45) is 4.91. The molecule has 3 aromatic rings. The fourth-order valence-electron chi connectivity index (χ4n) is 3.56. The van der Waals surface area contributed by atoms with Gasteiger partial charge in [-0.2, -0.15) is 5.10 Å². The largest absolute Gasteiger partial charge is 0.436 e. The van der Waals surface area contributed by atoms with Gasteiger partial charge in [-0.1, -0.05) is 24.3 Å². The first-order chi connectivity index (χ1) is 12.1. The van der Waals surface area contributed by atoms with Crippen LogP contribution in [0.5, 0.6) is 0 Å². The maximum atomic E-state index is 12.5. The van der Waals surface area contributed by atoms with Crippen LogP contribution in [0.25, 0.3) is 0 Å². The number of carbonyl (C=O) groups excluding carboxylic acids is 1. The van der Waals surface area contributed by atoms with Gasteiger partial charge in [-0.05, 0) is 37.3 Å². The molecule has 2 aromatic heterocycles. The molecule has 25 heavy (non-hydrogen) atoms. The highest BCUT2D eigenvalue weighted by Gasteiger charge is 2.25. The first-order valence-corrected chi connectivity index (χ1v) is 8.50. The van der Waals surface area contributed by atoms with E-state index in [-0.39, 0.29) is 17.7 Å². The maximum Gasteiger partial charge on any atom is 0.294 e. The molecule has 1 aliphatic rings. The number of carbonyl (C=O) groups is 1. The highest BCUT2D eigenvalue weighted by molar-refractivity contribution is 6.02. The average Bonchev–Trinajstić information content (AvgIpc) is 3.20. The Morgan fingerprint density at radius 2 is 2.12 bits per heavy atom. The van der Waals surface area contributed by atoms with Gasteiger partial charge < -0.3 is 9.73 Å². The predicted molar refractivity (Wildman–Crippen MR) is 93.7 cm³/mol. The molecular weight excluding hydrogens is 316 g/mol. The van der Waals surface area contributed by atoms with Gasteiger partial charge in [-0.3, -0.25) is 4.79 Å². The van der Waals surface area contributed by atoms with E-state index in [4.69, 9.17) is 4.42 Å². The van der Waals surface area contributed by atoms with Gasteiger partial charge in [-0.15, -0.1) is 0 Å². The summed E-state index contributed by atoms with van der Waals surface area (Å²) in [6.45, 7) is 3.49. The summed E-state index contributed by atoms with van der Waals surface area (Å²) in [7, 11) is 0. The second-order valence-corrected chi connectivity index (χ2v) is 6.37. The highest BCUT2D eigenvalue weighted by atomic mass is 16.4. The number of anilines is 1. The Morgan fingerprint density at radius 3 is 2.92 bits per heavy atom. The molecule has 1 aliphatic carbocycles. The normalized spacial score (nSPS) is 16.5. The van der Waals surface area contributed by atoms with Gasteiger partial charge in [0.05, 0.1) is 17.9 Å². The Bertz CT molecular complexity index is 925. The van der Waals surface area contributed by atoms with Crippen LogP contribution in [0.15, 0.2) is 40.9 Å². The maximum absolute atomic E-state index is 12.5. The van der Waals surface area contributed by atoms with E-state index < -0.39 is 0 Å². The van der Waals surface area contributed by atoms with Gasteiger partial charge in [0.25, 0.3) is 5.91 Å². The Labute approximate surface area is 145 Å². The summed E-state index contributed by atoms with van der Waals surface area (Å²) < 4.78 is 7.31. The monoisotopic (exact) mass is 336 g/mol. The highest BCUT2D eigenvalue weighted by Crippen LogP contribution is 2.34. The van der Waals surface area contributed by atoms with Crippen molar-refractivity contribution >= 4 is 11.7 Å². The zero-order chi connectivity index (χ0) is 17.4. The van der Waals surface area contributed by atoms with Crippen LogP contribution in [0.1, 0.15) is 52.1 Å². The van der Waals surface area contributed by atoms with Gasteiger partial charge in [0.1, 0.15) is 5.82 Å². The number of aryl methyl sites for hydroxylation is 3. The minimum absolute atomic E-state index is 0.132. The van der Waals surface area contributed by atoms with Crippen LogP contribution in [-0.4, -0.2) is 20.7 Å². The van der Waals surface area contributed by atoms with E-state index in [9.17, 15) is 4.79 Å². The summed E-state index contributed by atoms with van der Waals surface area (Å²) in [6, 6.07) is 10.4. The van der Waals surface area contributed by atoms with E-state index in [0.717, 1.165) is 19.3 Å². The molecule has 1 atom stereocenters. The quantitative estimate of drug-likeness (QED) is 0.792. The van der Waals surface area contributed by atoms with Gasteiger partial charge in [-0.25, -0.2) is 9.67 Å². The molecule has 0 spiro atoms. The summed E-state index contributed by atoms with van der Waals surface area (Å²) >= 11 is 0. The van der Waals surface area contributed by atoms with Crippen molar-refractivity contribution in [3.05, 3.63) is 65.0 Å². The molecule has 6 heteroatoms. The molecule has 0 saturated heterocycles. The number of amides is 1. The van der Waals surface area contributed by atoms with E-state index in [0.29, 0.717) is 17.4 Å². The van der Waals surface area contributed by atoms with Gasteiger partial charge in [0.2, 0.25) is 5.76 Å². The summed E-state index contributed by atoms with van der Waals surface area (Å²) in [4.78, 5) is 16.7. The number of hydrogen-bond donors (Lipinski definition) is 1. The number of rotatable bonds is 3. The van der Waals surface area contributed by atoms with Crippen LogP contribution >= 0.6 is 0 Å². The third kappa shape index (κ3) is 2.84. The summed E-state index contributed by atoms with van der Waals surface area (Å²) in [5.41, 5.74) is 3.22. The number of nitrogens with zero attached hydrogens (tertiary/aromatic N) is 3. The van der Waals surface area contributed by atoms with Crippen molar-refractivity contribution in [2.75, 3.05) is 5.32 Å². The topological polar surface area (TPSA) is 73.0 Å². The lowest BCUT2D eigenvalue weighted by Crippen LogP contribution is -2.22. The second kappa shape index (κ2) is 6.20. The second-order valence-electron chi connectivity index (χ2n) is 6.37. The molecular formula is C19H20N4O2. The van der Waals surface area contributed by atoms with Crippen molar-refractivity contribution in [2.24, 2.45) is 0 Å². The van der Waals surface area contributed by atoms with E-state index in [1.165, 1.54) is 11.1 Å². The fraction of sp³-hybridized carbons (Fsp3) is 0.316. The molecule has 0 saturated carbocycles. The third-order valence-corrected chi connectivity index (χ3v) is 4.65. The van der Waals surface area contributed by atoms with Crippen molar-refractivity contribution in [2.45, 2.75) is 39.2 Å². The fourth-order valence-corrected chi connectivity index (χ4v) is 3.56. The van der Waals surface area contributed by atoms with E-state index in [2.05, 4.69) is 39.7 Å². The van der Waals surface area contributed by atoms with Crippen LogP contribution in [0.4, 0.5) is 5.82 Å². The molecule has 1 aromatic carbocycles. The van der Waals surface area contributed by atoms with Gasteiger partial charge in [0.15, 0.2) is 5.89 Å². The first kappa shape index (κ1) is 15.6. The van der Waals surface area contributed by atoms with Crippen LogP contribution in [0.2, 0.25) is 0 Å². The van der Waals surface area contributed by atoms with Gasteiger partial charge >= 0.3 is 0 Å². The van der Waals surface area contributed by atoms with Crippen molar-refractivity contribution in [1.29, 1.82) is 0 Å². The minimum Gasteiger partial charge on any atom is -0.436 e. The smallest absolute Gasteiger partial charge is 0.294 e. The predicted octanol–water partition coefficient (Wildman–Crippen LogP) is 3.67. The lowest BCUT2D eigenvalue weighted by molar-refractivity contribution is 0.0993. The lowest BCUT2D eigenvalue weighted by atomic mass is 9.88. The molecule has 0 radical (unpaired) electrons. The molecule has 2 heterocycles. The minimum atomic E-state index is -0.302. The van der Waals surface area contributed by atoms with Crippen molar-refractivity contribution in [3.8, 4) is 0 Å². The average molecular weight is 336 g/mol. The number of nitrogens with one attached hydrogen (secondary N) is 1. The molecule has 6 nitrogen and oxygen atoms in total. The number of benzene rings is 1. The first-order valence-electron chi connectivity index (χ1n) is 8.50. The van der Waals surface area contributed by atoms with Crippen molar-refractivity contribution in [1.82, 2.24) is 14.8 Å². The van der Waals surface area contributed by atoms with Crippen LogP contribution in [0, 0.1) is 13.8 Å². The Morgan fingerprint density at radius 1 is 1.28 bits per heavy atom. The number of oxazole rings is 1. The molecule has 1 amide bonds. The zero-order valence-electron chi connectivity index (χ0n) is 14.3. The molecule has 0 bridgehead atoms. The molecule has 1 N–H and O–H groups in total. The zero-order valence-corrected chi connectivity index (χ0v) is 14.3. The molecule has 128 valence electrons. The summed E-state index contributed by atoms with van der Waals surface area (Å²) in [5.74, 6) is 1.09. The van der Waals surface area contributed by atoms with Crippen LogP contribution in [0.3, 0.4) is 0 Å². The lowest BCUT2D eigenvalue weighted by Gasteiger charge is -2.27. The molecule has 1 unspecified atom stereocenters. The van der Waals surface area contributed by atoms with E-state index >= 15 is 0 Å². The van der Waals surface area contributed by atoms with Crippen molar-refractivity contribution < 1.29 is 9.21 Å². The van der Waals surface area contributed by atoms with Gasteiger partial charge in [0, 0.05) is 13.0 Å². The number of aromatic nitrogens is 3. The van der Waals surface area contributed by atoms with Crippen LogP contribution < -0.4 is 5.32 Å². The molecule has 0 fully saturated rings. The SMILES string of the molecule is Cc1nc(C)c(C(=O)Nc2ccnn2C2CCCc3ccccc32)o1. The Balaban J connectivity index is 1.64. The van der Waals surface area contributed by atoms with E-state index in [1.807, 2.05) is 10.7 Å². The Hall–Kier alpha value is -2.89. The molecule has 4 rings (SSSR count). The molecule has 0 aliphatic heterocycles. The number of hydrogen-bond acceptors (Lipinski definition) is 4. The third-order valence-electron chi connectivity index (χ3n) is 4.65. The van der Waals surface area contributed by atoms with Crippen LogP contribution in [-0.2, 0) is 6.42 Å².